The second-order valence-electron chi connectivity index (χ2n) is 3.59. The molecule has 1 atom stereocenters. The second-order valence-corrected chi connectivity index (χ2v) is 3.59. The van der Waals surface area contributed by atoms with Crippen LogP contribution in [0.4, 0.5) is 4.39 Å². The van der Waals surface area contributed by atoms with Crippen molar-refractivity contribution in [2.75, 3.05) is 14.2 Å². The Morgan fingerprint density at radius 2 is 2.00 bits per heavy atom. The van der Waals surface area contributed by atoms with Crippen LogP contribution in [0.1, 0.15) is 11.9 Å². The number of halogens is 1. The molecule has 1 aromatic carbocycles. The molecular weight excluding hydrogens is 227 g/mol. The maximum absolute atomic E-state index is 13.4. The van der Waals surface area contributed by atoms with Crippen LogP contribution in [-0.4, -0.2) is 25.6 Å². The summed E-state index contributed by atoms with van der Waals surface area (Å²) in [4.78, 5) is 0. The van der Waals surface area contributed by atoms with Crippen LogP contribution < -0.4 is 0 Å². The van der Waals surface area contributed by atoms with Crippen molar-refractivity contribution >= 4 is 11.0 Å². The molecule has 0 amide bonds. The lowest BCUT2D eigenvalue weighted by Crippen LogP contribution is -2.22. The van der Waals surface area contributed by atoms with Crippen molar-refractivity contribution in [2.45, 2.75) is 12.4 Å². The zero-order chi connectivity index (χ0) is 12.4. The Hall–Kier alpha value is -1.43. The molecule has 1 heterocycles. The van der Waals surface area contributed by atoms with Crippen LogP contribution in [0.3, 0.4) is 0 Å². The van der Waals surface area contributed by atoms with E-state index in [-0.39, 0.29) is 11.3 Å². The molecular formula is C12H13FO4. The molecule has 92 valence electrons. The molecule has 1 unspecified atom stereocenters. The van der Waals surface area contributed by atoms with E-state index < -0.39 is 18.2 Å². The predicted octanol–water partition coefficient (Wildman–Crippen LogP) is 2.22. The highest BCUT2D eigenvalue weighted by molar-refractivity contribution is 5.78. The summed E-state index contributed by atoms with van der Waals surface area (Å²) in [6, 6.07) is 6.14. The van der Waals surface area contributed by atoms with E-state index in [2.05, 4.69) is 0 Å². The normalized spacial score (nSPS) is 13.5. The van der Waals surface area contributed by atoms with E-state index in [1.54, 1.807) is 18.2 Å². The molecule has 2 rings (SSSR count). The lowest BCUT2D eigenvalue weighted by molar-refractivity contribution is -0.170. The van der Waals surface area contributed by atoms with Gasteiger partial charge in [0.05, 0.1) is 0 Å². The largest absolute Gasteiger partial charge is 0.455 e. The molecule has 0 fully saturated rings. The third-order valence-electron chi connectivity index (χ3n) is 2.53. The molecule has 4 nitrogen and oxygen atoms in total. The molecule has 0 bridgehead atoms. The molecule has 0 saturated carbocycles. The smallest absolute Gasteiger partial charge is 0.190 e. The summed E-state index contributed by atoms with van der Waals surface area (Å²) < 4.78 is 28.5. The number of aliphatic hydroxyl groups is 1. The zero-order valence-corrected chi connectivity index (χ0v) is 9.51. The second kappa shape index (κ2) is 4.83. The van der Waals surface area contributed by atoms with Gasteiger partial charge < -0.3 is 19.0 Å². The Labute approximate surface area is 97.6 Å². The predicted molar refractivity (Wildman–Crippen MR) is 58.9 cm³/mol. The van der Waals surface area contributed by atoms with E-state index >= 15 is 0 Å². The van der Waals surface area contributed by atoms with Gasteiger partial charge in [-0.15, -0.1) is 0 Å². The number of hydrogen-bond donors (Lipinski definition) is 1. The minimum absolute atomic E-state index is 0.118. The Morgan fingerprint density at radius 3 is 2.59 bits per heavy atom. The van der Waals surface area contributed by atoms with Gasteiger partial charge >= 0.3 is 0 Å². The standard InChI is InChI=1S/C12H13FO4/c1-15-12(16-2)10(14)9-6-7-4-3-5-8(13)11(7)17-9/h3-6,10,12,14H,1-2H3. The first-order valence-electron chi connectivity index (χ1n) is 5.09. The van der Waals surface area contributed by atoms with E-state index in [0.717, 1.165) is 0 Å². The summed E-state index contributed by atoms with van der Waals surface area (Å²) in [5.41, 5.74) is 0.118. The highest BCUT2D eigenvalue weighted by atomic mass is 19.1. The molecule has 0 aliphatic carbocycles. The van der Waals surface area contributed by atoms with Gasteiger partial charge in [-0.2, -0.15) is 0 Å². The maximum atomic E-state index is 13.4. The Bertz CT molecular complexity index is 504. The molecule has 1 aromatic heterocycles. The third kappa shape index (κ3) is 2.17. The number of ether oxygens (including phenoxy) is 2. The molecule has 0 aliphatic rings. The van der Waals surface area contributed by atoms with Crippen LogP contribution in [-0.2, 0) is 9.47 Å². The minimum atomic E-state index is -1.10. The Kier molecular flexibility index (Phi) is 3.42. The number of furan rings is 1. The van der Waals surface area contributed by atoms with Crippen LogP contribution in [0.5, 0.6) is 0 Å². The molecule has 0 spiro atoms. The summed E-state index contributed by atoms with van der Waals surface area (Å²) in [5, 5.41) is 10.5. The first kappa shape index (κ1) is 12.0. The zero-order valence-electron chi connectivity index (χ0n) is 9.51. The lowest BCUT2D eigenvalue weighted by Gasteiger charge is -2.17. The SMILES string of the molecule is COC(OC)C(O)c1cc2cccc(F)c2o1. The first-order valence-corrected chi connectivity index (χ1v) is 5.09. The summed E-state index contributed by atoms with van der Waals surface area (Å²) in [7, 11) is 2.81. The average molecular weight is 240 g/mol. The minimum Gasteiger partial charge on any atom is -0.455 e. The summed E-state index contributed by atoms with van der Waals surface area (Å²) in [5.74, 6) is -0.258. The number of benzene rings is 1. The average Bonchev–Trinajstić information content (AvgIpc) is 2.76. The number of methoxy groups -OCH3 is 2. The third-order valence-corrected chi connectivity index (χ3v) is 2.53. The van der Waals surface area contributed by atoms with Gasteiger partial charge in [0.15, 0.2) is 23.8 Å². The van der Waals surface area contributed by atoms with Gasteiger partial charge in [-0.25, -0.2) is 4.39 Å². The summed E-state index contributed by atoms with van der Waals surface area (Å²) in [6.45, 7) is 0. The monoisotopic (exact) mass is 240 g/mol. The first-order chi connectivity index (χ1) is 8.17. The van der Waals surface area contributed by atoms with Gasteiger partial charge in [-0.1, -0.05) is 12.1 Å². The van der Waals surface area contributed by atoms with Gasteiger partial charge in [-0.05, 0) is 12.1 Å². The van der Waals surface area contributed by atoms with Gasteiger partial charge in [0.2, 0.25) is 0 Å². The van der Waals surface area contributed by atoms with Gasteiger partial charge in [0.1, 0.15) is 5.76 Å². The van der Waals surface area contributed by atoms with E-state index in [1.165, 1.54) is 20.3 Å². The van der Waals surface area contributed by atoms with Crippen molar-refractivity contribution in [2.24, 2.45) is 0 Å². The number of para-hydroxylation sites is 1. The topological polar surface area (TPSA) is 51.8 Å². The number of fused-ring (bicyclic) bond motifs is 1. The fourth-order valence-electron chi connectivity index (χ4n) is 1.68. The van der Waals surface area contributed by atoms with Crippen molar-refractivity contribution in [1.82, 2.24) is 0 Å². The molecule has 2 aromatic rings. The van der Waals surface area contributed by atoms with E-state index in [1.807, 2.05) is 0 Å². The van der Waals surface area contributed by atoms with Crippen LogP contribution in [0.15, 0.2) is 28.7 Å². The molecule has 0 radical (unpaired) electrons. The van der Waals surface area contributed by atoms with Crippen molar-refractivity contribution < 1.29 is 23.4 Å². The fraction of sp³-hybridized carbons (Fsp3) is 0.333. The fourth-order valence-corrected chi connectivity index (χ4v) is 1.68. The van der Waals surface area contributed by atoms with E-state index in [0.29, 0.717) is 5.39 Å². The Balaban J connectivity index is 2.39. The van der Waals surface area contributed by atoms with Gasteiger partial charge in [0, 0.05) is 19.6 Å². The van der Waals surface area contributed by atoms with Crippen molar-refractivity contribution in [1.29, 1.82) is 0 Å². The van der Waals surface area contributed by atoms with Crippen molar-refractivity contribution in [3.63, 3.8) is 0 Å². The van der Waals surface area contributed by atoms with Crippen LogP contribution >= 0.6 is 0 Å². The highest BCUT2D eigenvalue weighted by Crippen LogP contribution is 2.28. The number of aliphatic hydroxyl groups excluding tert-OH is 1. The van der Waals surface area contributed by atoms with Crippen LogP contribution in [0.25, 0.3) is 11.0 Å². The maximum Gasteiger partial charge on any atom is 0.190 e. The van der Waals surface area contributed by atoms with Crippen molar-refractivity contribution in [3.05, 3.63) is 35.8 Å². The summed E-state index contributed by atoms with van der Waals surface area (Å²) >= 11 is 0. The molecule has 0 aliphatic heterocycles. The van der Waals surface area contributed by atoms with Crippen molar-refractivity contribution in [3.8, 4) is 0 Å². The molecule has 1 N–H and O–H groups in total. The van der Waals surface area contributed by atoms with Gasteiger partial charge in [0.25, 0.3) is 0 Å². The number of rotatable bonds is 4. The molecule has 5 heteroatoms. The Morgan fingerprint density at radius 1 is 1.29 bits per heavy atom. The highest BCUT2D eigenvalue weighted by Gasteiger charge is 2.24. The lowest BCUT2D eigenvalue weighted by atomic mass is 10.2. The van der Waals surface area contributed by atoms with E-state index in [4.69, 9.17) is 13.9 Å². The van der Waals surface area contributed by atoms with E-state index in [9.17, 15) is 9.50 Å². The van der Waals surface area contributed by atoms with Crippen LogP contribution in [0, 0.1) is 5.82 Å². The van der Waals surface area contributed by atoms with Crippen LogP contribution in [0.2, 0.25) is 0 Å². The quantitative estimate of drug-likeness (QED) is 0.832. The number of hydrogen-bond acceptors (Lipinski definition) is 4. The molecule has 17 heavy (non-hydrogen) atoms. The molecule has 0 saturated heterocycles. The summed E-state index contributed by atoms with van der Waals surface area (Å²) in [6.07, 6.45) is -1.95. The van der Waals surface area contributed by atoms with Gasteiger partial charge in [-0.3, -0.25) is 0 Å².